The van der Waals surface area contributed by atoms with E-state index in [-0.39, 0.29) is 6.61 Å². The Morgan fingerprint density at radius 2 is 0.742 bits per heavy atom. The van der Waals surface area contributed by atoms with Crippen molar-refractivity contribution >= 4 is 0 Å². The van der Waals surface area contributed by atoms with Gasteiger partial charge in [0.2, 0.25) is 0 Å². The van der Waals surface area contributed by atoms with Crippen LogP contribution in [0.4, 0.5) is 0 Å². The summed E-state index contributed by atoms with van der Waals surface area (Å²) in [5.74, 6) is 0. The lowest BCUT2D eigenvalue weighted by Gasteiger charge is -2.49. The number of unbranched alkanes of at least 4 members (excludes halogenated alkanes) is 2. The smallest absolute Gasteiger partial charge is 0.187 e. The molecule has 18 N–H and O–H groups in total. The fourth-order valence-corrected chi connectivity index (χ4v) is 7.62. The first kappa shape index (κ1) is 51.9. The summed E-state index contributed by atoms with van der Waals surface area (Å²) >= 11 is 0. The predicted octanol–water partition coefficient (Wildman–Crippen LogP) is -10.8. The van der Waals surface area contributed by atoms with E-state index in [1.165, 1.54) is 0 Å². The van der Waals surface area contributed by atoms with Gasteiger partial charge in [0.1, 0.15) is 122 Å². The SMILES string of the molecule is NCCCCCO[C@H]1O[C@H](CO[C@H]2O[C@H](CO)[C@@H](O)[C@H](O)[C@@H]2O[C@H]2O[C@H](CO)[C@@H](O)[C@H](O)[C@@H]2O)[C@@H](O)[C@H](O[C@H]2O[C@H](CO)[C@@H](O)[C@H](O)[C@@H]2O[C@H]2O[C@H](CO)[C@@H](O)[C@H](O)[C@@H]2O)[C@@H]1O. The van der Waals surface area contributed by atoms with Crippen LogP contribution in [0.3, 0.4) is 0 Å². The third kappa shape index (κ3) is 11.5. The van der Waals surface area contributed by atoms with Crippen LogP contribution in [0.15, 0.2) is 0 Å². The third-order valence-corrected chi connectivity index (χ3v) is 11.4. The molecule has 5 aliphatic heterocycles. The van der Waals surface area contributed by atoms with Crippen molar-refractivity contribution in [2.24, 2.45) is 5.73 Å². The minimum atomic E-state index is -2.02. The minimum Gasteiger partial charge on any atom is -0.394 e. The van der Waals surface area contributed by atoms with Crippen molar-refractivity contribution in [2.75, 3.05) is 46.2 Å². The molecule has 5 heterocycles. The van der Waals surface area contributed by atoms with Crippen LogP contribution < -0.4 is 5.73 Å². The molecule has 364 valence electrons. The van der Waals surface area contributed by atoms with Gasteiger partial charge in [0.25, 0.3) is 0 Å². The molecule has 5 rings (SSSR count). The first-order valence-corrected chi connectivity index (χ1v) is 20.3. The third-order valence-electron chi connectivity index (χ3n) is 11.4. The van der Waals surface area contributed by atoms with Crippen LogP contribution in [-0.2, 0) is 47.4 Å². The number of aliphatic hydroxyl groups is 16. The fraction of sp³-hybridized carbons (Fsp3) is 1.00. The average molecular weight is 914 g/mol. The molecule has 0 spiro atoms. The zero-order chi connectivity index (χ0) is 45.6. The van der Waals surface area contributed by atoms with Gasteiger partial charge in [-0.3, -0.25) is 0 Å². The number of ether oxygens (including phenoxy) is 10. The first-order chi connectivity index (χ1) is 29.5. The van der Waals surface area contributed by atoms with Crippen molar-refractivity contribution in [2.45, 2.75) is 173 Å². The van der Waals surface area contributed by atoms with Crippen molar-refractivity contribution < 1.29 is 129 Å². The normalized spacial score (nSPS) is 49.2. The monoisotopic (exact) mass is 913 g/mol. The Bertz CT molecular complexity index is 1310. The number of nitrogens with two attached hydrogens (primary N) is 1. The quantitative estimate of drug-likeness (QED) is 0.0535. The van der Waals surface area contributed by atoms with Gasteiger partial charge in [0.05, 0.1) is 33.0 Å². The Balaban J connectivity index is 1.39. The summed E-state index contributed by atoms with van der Waals surface area (Å²) in [6.07, 6.45) is -43.6. The molecule has 5 fully saturated rings. The summed E-state index contributed by atoms with van der Waals surface area (Å²) in [6, 6.07) is 0. The molecule has 0 aromatic heterocycles. The molecule has 0 aromatic carbocycles. The zero-order valence-electron chi connectivity index (χ0n) is 33.3. The van der Waals surface area contributed by atoms with Crippen LogP contribution >= 0.6 is 0 Å². The van der Waals surface area contributed by atoms with Gasteiger partial charge in [-0.15, -0.1) is 0 Å². The Labute approximate surface area is 353 Å². The van der Waals surface area contributed by atoms with Gasteiger partial charge < -0.3 is 135 Å². The molecule has 62 heavy (non-hydrogen) atoms. The second-order valence-corrected chi connectivity index (χ2v) is 15.7. The average Bonchev–Trinajstić information content (AvgIpc) is 3.26. The van der Waals surface area contributed by atoms with Crippen molar-refractivity contribution in [1.82, 2.24) is 0 Å². The Hall–Kier alpha value is -1.08. The summed E-state index contributed by atoms with van der Waals surface area (Å²) in [6.45, 7) is -3.86. The highest BCUT2D eigenvalue weighted by atomic mass is 16.8. The first-order valence-electron chi connectivity index (χ1n) is 20.3. The highest BCUT2D eigenvalue weighted by Crippen LogP contribution is 2.35. The van der Waals surface area contributed by atoms with Crippen LogP contribution in [0.5, 0.6) is 0 Å². The maximum Gasteiger partial charge on any atom is 0.187 e. The van der Waals surface area contributed by atoms with E-state index in [0.717, 1.165) is 0 Å². The summed E-state index contributed by atoms with van der Waals surface area (Å²) in [7, 11) is 0. The maximum absolute atomic E-state index is 11.7. The molecule has 25 atom stereocenters. The number of hydrogen-bond donors (Lipinski definition) is 17. The van der Waals surface area contributed by atoms with E-state index in [2.05, 4.69) is 0 Å². The van der Waals surface area contributed by atoms with Crippen LogP contribution in [0.1, 0.15) is 19.3 Å². The fourth-order valence-electron chi connectivity index (χ4n) is 7.62. The van der Waals surface area contributed by atoms with Crippen molar-refractivity contribution in [3.05, 3.63) is 0 Å². The van der Waals surface area contributed by atoms with Gasteiger partial charge in [-0.05, 0) is 25.8 Å². The van der Waals surface area contributed by atoms with Gasteiger partial charge in [-0.1, -0.05) is 0 Å². The molecule has 27 heteroatoms. The highest BCUT2D eigenvalue weighted by molar-refractivity contribution is 4.98. The molecule has 0 aromatic rings. The molecule has 5 aliphatic rings. The van der Waals surface area contributed by atoms with E-state index in [1.54, 1.807) is 0 Å². The topological polar surface area (TPSA) is 442 Å². The van der Waals surface area contributed by atoms with E-state index >= 15 is 0 Å². The lowest BCUT2D eigenvalue weighted by molar-refractivity contribution is -0.392. The number of hydrogen-bond acceptors (Lipinski definition) is 27. The second-order valence-electron chi connectivity index (χ2n) is 15.7. The summed E-state index contributed by atoms with van der Waals surface area (Å²) in [5, 5.41) is 168. The van der Waals surface area contributed by atoms with Gasteiger partial charge >= 0.3 is 0 Å². The minimum absolute atomic E-state index is 0.0264. The lowest BCUT2D eigenvalue weighted by atomic mass is 9.96. The zero-order valence-corrected chi connectivity index (χ0v) is 33.3. The molecule has 0 saturated carbocycles. The van der Waals surface area contributed by atoms with E-state index in [9.17, 15) is 81.7 Å². The van der Waals surface area contributed by atoms with E-state index in [1.807, 2.05) is 0 Å². The summed E-state index contributed by atoms with van der Waals surface area (Å²) < 4.78 is 57.0. The molecule has 27 nitrogen and oxygen atoms in total. The number of rotatable bonds is 19. The van der Waals surface area contributed by atoms with Gasteiger partial charge in [-0.2, -0.15) is 0 Å². The van der Waals surface area contributed by atoms with Gasteiger partial charge in [0, 0.05) is 6.61 Å². The Morgan fingerprint density at radius 1 is 0.339 bits per heavy atom. The second kappa shape index (κ2) is 23.6. The highest BCUT2D eigenvalue weighted by Gasteiger charge is 2.56. The van der Waals surface area contributed by atoms with Gasteiger partial charge in [-0.25, -0.2) is 0 Å². The number of aliphatic hydroxyl groups excluding tert-OH is 16. The molecule has 0 radical (unpaired) electrons. The molecule has 0 bridgehead atoms. The Morgan fingerprint density at radius 3 is 1.21 bits per heavy atom. The molecular weight excluding hydrogens is 850 g/mol. The van der Waals surface area contributed by atoms with Crippen LogP contribution in [0.25, 0.3) is 0 Å². The van der Waals surface area contributed by atoms with Crippen LogP contribution in [0.2, 0.25) is 0 Å². The molecule has 0 aliphatic carbocycles. The lowest BCUT2D eigenvalue weighted by Crippen LogP contribution is -2.67. The molecular formula is C35H63NO26. The summed E-state index contributed by atoms with van der Waals surface area (Å²) in [5.41, 5.74) is 5.58. The van der Waals surface area contributed by atoms with E-state index < -0.39 is 187 Å². The van der Waals surface area contributed by atoms with E-state index in [0.29, 0.717) is 25.8 Å². The standard InChI is InChI=1S/C35H63NO26/c36-4-2-1-3-5-53-31-27(52)28(60-35-30(24(49)19(44)14(9-40)58-35)62-33-26(51)22(47)17(42)12(7-38)56-33)20(45)15(59-31)10-54-34-29(23(48)18(43)13(8-39)57-34)61-32-25(50)21(46)16(41)11(6-37)55-32/h11-35,37-52H,1-10,36H2/t11-,12-,13-,14-,15-,16-,17-,18-,19-,20-,21+,22+,23+,24+,25+,26+,27+,28+,29+,30+,31+,32-,33-,34+,35-/m1/s1. The summed E-state index contributed by atoms with van der Waals surface area (Å²) in [4.78, 5) is 0. The van der Waals surface area contributed by atoms with Crippen molar-refractivity contribution in [3.63, 3.8) is 0 Å². The van der Waals surface area contributed by atoms with Crippen LogP contribution in [-0.4, -0.2) is 281 Å². The van der Waals surface area contributed by atoms with Crippen molar-refractivity contribution in [3.8, 4) is 0 Å². The van der Waals surface area contributed by atoms with Gasteiger partial charge in [0.15, 0.2) is 31.5 Å². The molecule has 0 unspecified atom stereocenters. The van der Waals surface area contributed by atoms with E-state index in [4.69, 9.17) is 53.1 Å². The van der Waals surface area contributed by atoms with Crippen molar-refractivity contribution in [1.29, 1.82) is 0 Å². The predicted molar refractivity (Wildman–Crippen MR) is 193 cm³/mol. The molecule has 5 saturated heterocycles. The largest absolute Gasteiger partial charge is 0.394 e. The Kier molecular flexibility index (Phi) is 19.7. The van der Waals surface area contributed by atoms with Crippen LogP contribution in [0, 0.1) is 0 Å². The molecule has 0 amide bonds. The maximum atomic E-state index is 11.7.